The number of carbonyl (C=O) groups is 1. The van der Waals surface area contributed by atoms with Crippen molar-refractivity contribution in [1.29, 1.82) is 0 Å². The van der Waals surface area contributed by atoms with E-state index in [1.54, 1.807) is 4.90 Å². The second kappa shape index (κ2) is 4.77. The molecule has 1 unspecified atom stereocenters. The van der Waals surface area contributed by atoms with Gasteiger partial charge in [0.15, 0.2) is 0 Å². The van der Waals surface area contributed by atoms with Gasteiger partial charge in [0.1, 0.15) is 0 Å². The molecule has 1 aliphatic heterocycles. The van der Waals surface area contributed by atoms with E-state index < -0.39 is 0 Å². The van der Waals surface area contributed by atoms with Crippen LogP contribution < -0.4 is 5.32 Å². The Bertz CT molecular complexity index is 218. The van der Waals surface area contributed by atoms with Crippen molar-refractivity contribution in [3.05, 3.63) is 11.1 Å². The quantitative estimate of drug-likeness (QED) is 0.810. The van der Waals surface area contributed by atoms with Gasteiger partial charge in [-0.2, -0.15) is 0 Å². The van der Waals surface area contributed by atoms with Crippen LogP contribution in [0.15, 0.2) is 11.1 Å². The van der Waals surface area contributed by atoms with E-state index in [1.165, 1.54) is 0 Å². The molecule has 1 fully saturated rings. The summed E-state index contributed by atoms with van der Waals surface area (Å²) in [6, 6.07) is 0.414. The van der Waals surface area contributed by atoms with Crippen molar-refractivity contribution in [3.63, 3.8) is 0 Å². The summed E-state index contributed by atoms with van der Waals surface area (Å²) in [5.41, 5.74) is 0. The standard InChI is InChI=1S/C9H15BrN2O/c1-7(10)5-11-8-3-4-9(13)12(2)6-8/h8,11H,1,3-6H2,2H3. The number of piperidine rings is 1. The molecular formula is C9H15BrN2O. The average Bonchev–Trinajstić information content (AvgIpc) is 2.07. The molecule has 1 saturated heterocycles. The van der Waals surface area contributed by atoms with Crippen LogP contribution in [0, 0.1) is 0 Å². The summed E-state index contributed by atoms with van der Waals surface area (Å²) in [7, 11) is 1.85. The van der Waals surface area contributed by atoms with Gasteiger partial charge in [-0.15, -0.1) is 0 Å². The lowest BCUT2D eigenvalue weighted by Crippen LogP contribution is -2.46. The van der Waals surface area contributed by atoms with E-state index in [1.807, 2.05) is 7.05 Å². The third-order valence-electron chi connectivity index (χ3n) is 2.21. The summed E-state index contributed by atoms with van der Waals surface area (Å²) in [6.45, 7) is 5.32. The Balaban J connectivity index is 2.29. The molecule has 1 rings (SSSR count). The smallest absolute Gasteiger partial charge is 0.222 e. The molecule has 1 N–H and O–H groups in total. The van der Waals surface area contributed by atoms with Crippen LogP contribution in [0.4, 0.5) is 0 Å². The van der Waals surface area contributed by atoms with Crippen LogP contribution in [-0.4, -0.2) is 37.0 Å². The number of rotatable bonds is 3. The van der Waals surface area contributed by atoms with Crippen molar-refractivity contribution in [2.75, 3.05) is 20.1 Å². The summed E-state index contributed by atoms with van der Waals surface area (Å²) >= 11 is 3.29. The normalized spacial score (nSPS) is 23.4. The van der Waals surface area contributed by atoms with Gasteiger partial charge in [0.25, 0.3) is 0 Å². The number of hydrogen-bond acceptors (Lipinski definition) is 2. The fourth-order valence-electron chi connectivity index (χ4n) is 1.43. The minimum absolute atomic E-state index is 0.246. The zero-order valence-electron chi connectivity index (χ0n) is 7.85. The number of halogens is 1. The number of hydrogen-bond donors (Lipinski definition) is 1. The van der Waals surface area contributed by atoms with E-state index >= 15 is 0 Å². The predicted octanol–water partition coefficient (Wildman–Crippen LogP) is 1.11. The third kappa shape index (κ3) is 3.48. The molecule has 0 bridgehead atoms. The van der Waals surface area contributed by atoms with Gasteiger partial charge >= 0.3 is 0 Å². The second-order valence-corrected chi connectivity index (χ2v) is 4.53. The molecule has 0 radical (unpaired) electrons. The molecular weight excluding hydrogens is 232 g/mol. The number of nitrogens with one attached hydrogen (secondary N) is 1. The summed E-state index contributed by atoms with van der Waals surface area (Å²) in [5.74, 6) is 0.246. The zero-order chi connectivity index (χ0) is 9.84. The number of amides is 1. The van der Waals surface area contributed by atoms with Gasteiger partial charge in [0, 0.05) is 37.1 Å². The molecule has 1 amide bonds. The van der Waals surface area contributed by atoms with Gasteiger partial charge in [-0.3, -0.25) is 4.79 Å². The van der Waals surface area contributed by atoms with Crippen LogP contribution >= 0.6 is 15.9 Å². The van der Waals surface area contributed by atoms with Crippen LogP contribution in [0.2, 0.25) is 0 Å². The Morgan fingerprint density at radius 1 is 1.85 bits per heavy atom. The maximum absolute atomic E-state index is 11.1. The van der Waals surface area contributed by atoms with E-state index in [0.29, 0.717) is 12.5 Å². The van der Waals surface area contributed by atoms with Crippen LogP contribution in [0.1, 0.15) is 12.8 Å². The summed E-state index contributed by atoms with van der Waals surface area (Å²) in [4.78, 5) is 12.9. The molecule has 1 aliphatic rings. The fourth-order valence-corrected chi connectivity index (χ4v) is 1.60. The van der Waals surface area contributed by atoms with Gasteiger partial charge in [-0.25, -0.2) is 0 Å². The first-order chi connectivity index (χ1) is 6.09. The molecule has 1 atom stereocenters. The highest BCUT2D eigenvalue weighted by Gasteiger charge is 2.21. The van der Waals surface area contributed by atoms with E-state index in [-0.39, 0.29) is 5.91 Å². The molecule has 0 aromatic heterocycles. The lowest BCUT2D eigenvalue weighted by atomic mass is 10.1. The van der Waals surface area contributed by atoms with Crippen LogP contribution in [0.5, 0.6) is 0 Å². The van der Waals surface area contributed by atoms with Crippen molar-refractivity contribution >= 4 is 21.8 Å². The number of nitrogens with zero attached hydrogens (tertiary/aromatic N) is 1. The molecule has 4 heteroatoms. The molecule has 0 aromatic rings. The monoisotopic (exact) mass is 246 g/mol. The number of likely N-dealkylation sites (tertiary alicyclic amines) is 1. The first-order valence-electron chi connectivity index (χ1n) is 4.40. The molecule has 74 valence electrons. The SMILES string of the molecule is C=C(Br)CNC1CCC(=O)N(C)C1. The molecule has 0 aliphatic carbocycles. The number of carbonyl (C=O) groups excluding carboxylic acids is 1. The second-order valence-electron chi connectivity index (χ2n) is 3.41. The Labute approximate surface area is 87.3 Å². The predicted molar refractivity (Wildman–Crippen MR) is 56.7 cm³/mol. The summed E-state index contributed by atoms with van der Waals surface area (Å²) < 4.78 is 0.951. The van der Waals surface area contributed by atoms with Crippen molar-refractivity contribution in [3.8, 4) is 0 Å². The van der Waals surface area contributed by atoms with E-state index in [2.05, 4.69) is 27.8 Å². The minimum Gasteiger partial charge on any atom is -0.344 e. The van der Waals surface area contributed by atoms with Crippen LogP contribution in [0.25, 0.3) is 0 Å². The highest BCUT2D eigenvalue weighted by molar-refractivity contribution is 9.11. The summed E-state index contributed by atoms with van der Waals surface area (Å²) in [5, 5.41) is 3.33. The molecule has 0 spiro atoms. The first kappa shape index (κ1) is 10.7. The van der Waals surface area contributed by atoms with Gasteiger partial charge in [0.05, 0.1) is 0 Å². The molecule has 0 aromatic carbocycles. The van der Waals surface area contributed by atoms with Gasteiger partial charge in [-0.05, 0) is 6.42 Å². The molecule has 3 nitrogen and oxygen atoms in total. The Morgan fingerprint density at radius 3 is 3.08 bits per heavy atom. The van der Waals surface area contributed by atoms with Gasteiger partial charge in [0.2, 0.25) is 5.91 Å². The fraction of sp³-hybridized carbons (Fsp3) is 0.667. The van der Waals surface area contributed by atoms with E-state index in [4.69, 9.17) is 0 Å². The molecule has 13 heavy (non-hydrogen) atoms. The van der Waals surface area contributed by atoms with Crippen molar-refractivity contribution < 1.29 is 4.79 Å². The highest BCUT2D eigenvalue weighted by Crippen LogP contribution is 2.10. The average molecular weight is 247 g/mol. The van der Waals surface area contributed by atoms with Crippen molar-refractivity contribution in [2.24, 2.45) is 0 Å². The highest BCUT2D eigenvalue weighted by atomic mass is 79.9. The van der Waals surface area contributed by atoms with Crippen LogP contribution in [-0.2, 0) is 4.79 Å². The Hall–Kier alpha value is -0.350. The lowest BCUT2D eigenvalue weighted by Gasteiger charge is -2.30. The maximum atomic E-state index is 11.1. The zero-order valence-corrected chi connectivity index (χ0v) is 9.43. The van der Waals surface area contributed by atoms with Crippen molar-refractivity contribution in [2.45, 2.75) is 18.9 Å². The van der Waals surface area contributed by atoms with Gasteiger partial charge < -0.3 is 10.2 Å². The Morgan fingerprint density at radius 2 is 2.54 bits per heavy atom. The number of likely N-dealkylation sites (N-methyl/N-ethyl adjacent to an activating group) is 1. The Kier molecular flexibility index (Phi) is 3.93. The lowest BCUT2D eigenvalue weighted by molar-refractivity contribution is -0.132. The summed E-state index contributed by atoms with van der Waals surface area (Å²) in [6.07, 6.45) is 1.59. The van der Waals surface area contributed by atoms with Gasteiger partial charge in [-0.1, -0.05) is 22.5 Å². The largest absolute Gasteiger partial charge is 0.344 e. The topological polar surface area (TPSA) is 32.3 Å². The van der Waals surface area contributed by atoms with Crippen LogP contribution in [0.3, 0.4) is 0 Å². The van der Waals surface area contributed by atoms with E-state index in [0.717, 1.165) is 24.0 Å². The third-order valence-corrected chi connectivity index (χ3v) is 2.49. The molecule has 1 heterocycles. The van der Waals surface area contributed by atoms with E-state index in [9.17, 15) is 4.79 Å². The maximum Gasteiger partial charge on any atom is 0.222 e. The van der Waals surface area contributed by atoms with Crippen molar-refractivity contribution in [1.82, 2.24) is 10.2 Å². The first-order valence-corrected chi connectivity index (χ1v) is 5.19. The molecule has 0 saturated carbocycles. The minimum atomic E-state index is 0.246.